The first kappa shape index (κ1) is 19.3. The van der Waals surface area contributed by atoms with E-state index in [2.05, 4.69) is 13.8 Å². The van der Waals surface area contributed by atoms with Crippen LogP contribution in [0.1, 0.15) is 90.9 Å². The van der Waals surface area contributed by atoms with Crippen molar-refractivity contribution < 1.29 is 4.79 Å². The van der Waals surface area contributed by atoms with Gasteiger partial charge in [-0.1, -0.05) is 78.1 Å². The second-order valence-electron chi connectivity index (χ2n) is 5.86. The van der Waals surface area contributed by atoms with E-state index < -0.39 is 0 Å². The fourth-order valence-electron chi connectivity index (χ4n) is 2.47. The molecule has 0 unspecified atom stereocenters. The molecule has 0 aliphatic carbocycles. The number of amides is 2. The molecule has 0 aromatic rings. The Balaban J connectivity index is 3.34. The molecular formula is C17H36N2O. The highest BCUT2D eigenvalue weighted by atomic mass is 16.2. The number of nitrogens with two attached hydrogens (primary N) is 1. The van der Waals surface area contributed by atoms with Crippen molar-refractivity contribution in [2.45, 2.75) is 90.9 Å². The van der Waals surface area contributed by atoms with Crippen molar-refractivity contribution in [3.63, 3.8) is 0 Å². The minimum absolute atomic E-state index is 0.255. The Morgan fingerprint density at radius 3 is 1.55 bits per heavy atom. The molecule has 0 aliphatic rings. The first-order valence-electron chi connectivity index (χ1n) is 8.76. The summed E-state index contributed by atoms with van der Waals surface area (Å²) in [6, 6.07) is -0.255. The number of carbonyl (C=O) groups is 1. The summed E-state index contributed by atoms with van der Waals surface area (Å²) in [5.74, 6) is 0. The van der Waals surface area contributed by atoms with Crippen molar-refractivity contribution in [1.29, 1.82) is 0 Å². The summed E-state index contributed by atoms with van der Waals surface area (Å²) in [7, 11) is 0. The number of unbranched alkanes of at least 4 members (excludes halogenated alkanes) is 10. The normalized spacial score (nSPS) is 10.7. The summed E-state index contributed by atoms with van der Waals surface area (Å²) in [6.45, 7) is 6.06. The molecule has 2 N–H and O–H groups in total. The Morgan fingerprint density at radius 2 is 1.10 bits per heavy atom. The molecule has 0 saturated heterocycles. The largest absolute Gasteiger partial charge is 0.351 e. The van der Waals surface area contributed by atoms with Gasteiger partial charge in [0.2, 0.25) is 0 Å². The second kappa shape index (κ2) is 14.7. The molecule has 3 nitrogen and oxygen atoms in total. The van der Waals surface area contributed by atoms with E-state index in [1.807, 2.05) is 0 Å². The maximum Gasteiger partial charge on any atom is 0.314 e. The van der Waals surface area contributed by atoms with Gasteiger partial charge in [-0.15, -0.1) is 0 Å². The Bertz CT molecular complexity index is 219. The number of nitrogens with zero attached hydrogens (tertiary/aromatic N) is 1. The second-order valence-corrected chi connectivity index (χ2v) is 5.86. The fourth-order valence-corrected chi connectivity index (χ4v) is 2.47. The third kappa shape index (κ3) is 12.3. The Labute approximate surface area is 126 Å². The van der Waals surface area contributed by atoms with Gasteiger partial charge in [-0.2, -0.15) is 0 Å². The Morgan fingerprint density at radius 1 is 0.700 bits per heavy atom. The third-order valence-corrected chi connectivity index (χ3v) is 3.87. The summed E-state index contributed by atoms with van der Waals surface area (Å²) in [4.78, 5) is 13.0. The molecule has 0 fully saturated rings. The summed E-state index contributed by atoms with van der Waals surface area (Å²) < 4.78 is 0. The third-order valence-electron chi connectivity index (χ3n) is 3.87. The van der Waals surface area contributed by atoms with Gasteiger partial charge in [0.05, 0.1) is 0 Å². The molecule has 3 heteroatoms. The van der Waals surface area contributed by atoms with Crippen LogP contribution in [0.4, 0.5) is 4.79 Å². The molecule has 0 saturated carbocycles. The van der Waals surface area contributed by atoms with Crippen LogP contribution in [0.15, 0.2) is 0 Å². The van der Waals surface area contributed by atoms with Gasteiger partial charge in [0.15, 0.2) is 0 Å². The molecule has 2 amide bonds. The van der Waals surface area contributed by atoms with Crippen molar-refractivity contribution in [1.82, 2.24) is 4.90 Å². The molecule has 0 rings (SSSR count). The fraction of sp³-hybridized carbons (Fsp3) is 0.941. The van der Waals surface area contributed by atoms with Gasteiger partial charge in [-0.25, -0.2) is 4.79 Å². The zero-order chi connectivity index (χ0) is 15.1. The molecule has 0 aliphatic heterocycles. The highest BCUT2D eigenvalue weighted by Crippen LogP contribution is 2.11. The van der Waals surface area contributed by atoms with E-state index in [1.54, 1.807) is 4.90 Å². The zero-order valence-corrected chi connectivity index (χ0v) is 13.8. The lowest BCUT2D eigenvalue weighted by molar-refractivity contribution is 0.205. The lowest BCUT2D eigenvalue weighted by atomic mass is 10.1. The van der Waals surface area contributed by atoms with Gasteiger partial charge in [0.1, 0.15) is 0 Å². The number of rotatable bonds is 14. The average Bonchev–Trinajstić information content (AvgIpc) is 2.43. The predicted molar refractivity (Wildman–Crippen MR) is 87.9 cm³/mol. The SMILES string of the molecule is CCCCCCCCCCCCN(CCCC)C(N)=O. The summed E-state index contributed by atoms with van der Waals surface area (Å²) in [6.07, 6.45) is 15.4. The molecule has 0 atom stereocenters. The van der Waals surface area contributed by atoms with Crippen LogP contribution in [0.5, 0.6) is 0 Å². The molecule has 0 aromatic heterocycles. The Hall–Kier alpha value is -0.730. The van der Waals surface area contributed by atoms with Gasteiger partial charge in [-0.05, 0) is 12.8 Å². The number of primary amides is 1. The number of carbonyl (C=O) groups excluding carboxylic acids is 1. The molecule has 0 heterocycles. The van der Waals surface area contributed by atoms with Crippen LogP contribution in [-0.4, -0.2) is 24.0 Å². The van der Waals surface area contributed by atoms with Crippen LogP contribution in [-0.2, 0) is 0 Å². The maximum atomic E-state index is 11.2. The van der Waals surface area contributed by atoms with Gasteiger partial charge >= 0.3 is 6.03 Å². The highest BCUT2D eigenvalue weighted by molar-refractivity contribution is 5.71. The van der Waals surface area contributed by atoms with Crippen LogP contribution in [0.3, 0.4) is 0 Å². The number of urea groups is 1. The predicted octanol–water partition coefficient (Wildman–Crippen LogP) is 5.09. The highest BCUT2D eigenvalue weighted by Gasteiger charge is 2.07. The lowest BCUT2D eigenvalue weighted by Crippen LogP contribution is -2.37. The molecule has 0 spiro atoms. The molecule has 0 bridgehead atoms. The molecule has 20 heavy (non-hydrogen) atoms. The van der Waals surface area contributed by atoms with Crippen molar-refractivity contribution >= 4 is 6.03 Å². The topological polar surface area (TPSA) is 46.3 Å². The molecule has 120 valence electrons. The van der Waals surface area contributed by atoms with Crippen molar-refractivity contribution in [2.75, 3.05) is 13.1 Å². The lowest BCUT2D eigenvalue weighted by Gasteiger charge is -2.19. The van der Waals surface area contributed by atoms with E-state index in [-0.39, 0.29) is 6.03 Å². The van der Waals surface area contributed by atoms with Gasteiger partial charge in [0.25, 0.3) is 0 Å². The first-order valence-corrected chi connectivity index (χ1v) is 8.76. The monoisotopic (exact) mass is 284 g/mol. The van der Waals surface area contributed by atoms with E-state index in [0.717, 1.165) is 32.4 Å². The van der Waals surface area contributed by atoms with Gasteiger partial charge in [-0.3, -0.25) is 0 Å². The summed E-state index contributed by atoms with van der Waals surface area (Å²) >= 11 is 0. The van der Waals surface area contributed by atoms with Crippen LogP contribution in [0, 0.1) is 0 Å². The minimum Gasteiger partial charge on any atom is -0.351 e. The maximum absolute atomic E-state index is 11.2. The van der Waals surface area contributed by atoms with Crippen LogP contribution in [0.25, 0.3) is 0 Å². The van der Waals surface area contributed by atoms with E-state index in [9.17, 15) is 4.79 Å². The Kier molecular flexibility index (Phi) is 14.1. The van der Waals surface area contributed by atoms with E-state index >= 15 is 0 Å². The van der Waals surface area contributed by atoms with Crippen LogP contribution >= 0.6 is 0 Å². The number of hydrogen-bond acceptors (Lipinski definition) is 1. The minimum atomic E-state index is -0.255. The smallest absolute Gasteiger partial charge is 0.314 e. The van der Waals surface area contributed by atoms with E-state index in [4.69, 9.17) is 5.73 Å². The van der Waals surface area contributed by atoms with E-state index in [0.29, 0.717) is 0 Å². The number of hydrogen-bond donors (Lipinski definition) is 1. The molecular weight excluding hydrogens is 248 g/mol. The van der Waals surface area contributed by atoms with Crippen molar-refractivity contribution in [2.24, 2.45) is 5.73 Å². The average molecular weight is 284 g/mol. The quantitative estimate of drug-likeness (QED) is 0.444. The van der Waals surface area contributed by atoms with Crippen LogP contribution < -0.4 is 5.73 Å². The van der Waals surface area contributed by atoms with E-state index in [1.165, 1.54) is 57.8 Å². The molecule has 0 radical (unpaired) electrons. The summed E-state index contributed by atoms with van der Waals surface area (Å²) in [5, 5.41) is 0. The first-order chi connectivity index (χ1) is 9.72. The van der Waals surface area contributed by atoms with Crippen molar-refractivity contribution in [3.05, 3.63) is 0 Å². The zero-order valence-electron chi connectivity index (χ0n) is 13.8. The van der Waals surface area contributed by atoms with Crippen LogP contribution in [0.2, 0.25) is 0 Å². The van der Waals surface area contributed by atoms with Crippen molar-refractivity contribution in [3.8, 4) is 0 Å². The summed E-state index contributed by atoms with van der Waals surface area (Å²) in [5.41, 5.74) is 5.38. The standard InChI is InChI=1S/C17H36N2O/c1-3-5-7-8-9-10-11-12-13-14-16-19(17(18)20)15-6-4-2/h3-16H2,1-2H3,(H2,18,20). The van der Waals surface area contributed by atoms with Gasteiger partial charge in [0, 0.05) is 13.1 Å². The molecule has 0 aromatic carbocycles. The van der Waals surface area contributed by atoms with Gasteiger partial charge < -0.3 is 10.6 Å².